The molecule has 1 aliphatic carbocycles. The molecule has 0 spiro atoms. The lowest BCUT2D eigenvalue weighted by molar-refractivity contribution is -0.0498. The minimum absolute atomic E-state index is 0.144. The van der Waals surface area contributed by atoms with Gasteiger partial charge in [0.25, 0.3) is 0 Å². The Labute approximate surface area is 136 Å². The van der Waals surface area contributed by atoms with Crippen LogP contribution in [0.5, 0.6) is 5.75 Å². The lowest BCUT2D eigenvalue weighted by Crippen LogP contribution is -2.06. The normalized spacial score (nSPS) is 14.3. The third kappa shape index (κ3) is 3.12. The van der Waals surface area contributed by atoms with E-state index in [2.05, 4.69) is 25.3 Å². The van der Waals surface area contributed by atoms with E-state index < -0.39 is 6.61 Å². The van der Waals surface area contributed by atoms with E-state index in [4.69, 9.17) is 0 Å². The molecule has 124 valence electrons. The molecule has 0 radical (unpaired) electrons. The molecule has 0 atom stereocenters. The van der Waals surface area contributed by atoms with Gasteiger partial charge in [0.1, 0.15) is 12.1 Å². The molecule has 0 saturated heterocycles. The smallest absolute Gasteiger partial charge is 0.387 e. The third-order valence-corrected chi connectivity index (χ3v) is 3.89. The second-order valence-corrected chi connectivity index (χ2v) is 5.74. The number of halogens is 2. The average molecular weight is 331 g/mol. The summed E-state index contributed by atoms with van der Waals surface area (Å²) in [4.78, 5) is 0. The van der Waals surface area contributed by atoms with Crippen LogP contribution < -0.4 is 10.1 Å². The van der Waals surface area contributed by atoms with Gasteiger partial charge in [0, 0.05) is 12.5 Å². The van der Waals surface area contributed by atoms with E-state index in [1.165, 1.54) is 6.07 Å². The van der Waals surface area contributed by atoms with Crippen LogP contribution >= 0.6 is 0 Å². The van der Waals surface area contributed by atoms with Crippen LogP contribution in [0.4, 0.5) is 14.5 Å². The zero-order valence-corrected chi connectivity index (χ0v) is 12.7. The van der Waals surface area contributed by atoms with Crippen molar-refractivity contribution < 1.29 is 13.5 Å². The number of aromatic nitrogens is 4. The summed E-state index contributed by atoms with van der Waals surface area (Å²) in [7, 11) is 0. The average Bonchev–Trinajstić information content (AvgIpc) is 3.30. The zero-order chi connectivity index (χ0) is 16.5. The fourth-order valence-corrected chi connectivity index (χ4v) is 2.58. The Morgan fingerprint density at radius 1 is 1.29 bits per heavy atom. The molecule has 1 N–H and O–H groups in total. The molecule has 1 aromatic carbocycles. The molecule has 8 heteroatoms. The second-order valence-electron chi connectivity index (χ2n) is 5.74. The number of hydrogen-bond acceptors (Lipinski definition) is 5. The van der Waals surface area contributed by atoms with Crippen molar-refractivity contribution in [2.45, 2.75) is 31.9 Å². The van der Waals surface area contributed by atoms with Crippen molar-refractivity contribution in [1.82, 2.24) is 19.8 Å². The third-order valence-electron chi connectivity index (χ3n) is 3.89. The number of hydrogen-bond donors (Lipinski definition) is 1. The lowest BCUT2D eigenvalue weighted by atomic mass is 10.2. The Balaban J connectivity index is 1.55. The van der Waals surface area contributed by atoms with Crippen LogP contribution in [0.2, 0.25) is 0 Å². The fourth-order valence-electron chi connectivity index (χ4n) is 2.58. The Morgan fingerprint density at radius 3 is 2.96 bits per heavy atom. The molecule has 0 aliphatic heterocycles. The van der Waals surface area contributed by atoms with Crippen molar-refractivity contribution in [2.24, 2.45) is 0 Å². The second kappa shape index (κ2) is 6.03. The summed E-state index contributed by atoms with van der Waals surface area (Å²) in [6.07, 6.45) is 3.86. The van der Waals surface area contributed by atoms with Gasteiger partial charge in [-0.15, -0.1) is 10.2 Å². The molecule has 24 heavy (non-hydrogen) atoms. The Hall–Kier alpha value is -2.77. The molecule has 3 aromatic rings. The number of nitrogens with one attached hydrogen (secondary N) is 1. The molecule has 2 aromatic heterocycles. The van der Waals surface area contributed by atoms with Crippen LogP contribution in [0.15, 0.2) is 36.7 Å². The Bertz CT molecular complexity index is 863. The monoisotopic (exact) mass is 331 g/mol. The zero-order valence-electron chi connectivity index (χ0n) is 12.7. The maximum Gasteiger partial charge on any atom is 0.387 e. The summed E-state index contributed by atoms with van der Waals surface area (Å²) >= 11 is 0. The Kier molecular flexibility index (Phi) is 3.72. The van der Waals surface area contributed by atoms with Gasteiger partial charge < -0.3 is 10.1 Å². The number of fused-ring (bicyclic) bond motifs is 1. The summed E-state index contributed by atoms with van der Waals surface area (Å²) in [6, 6.07) is 8.60. The van der Waals surface area contributed by atoms with E-state index >= 15 is 0 Å². The first-order valence-corrected chi connectivity index (χ1v) is 7.67. The summed E-state index contributed by atoms with van der Waals surface area (Å²) in [6.45, 7) is -2.37. The molecule has 1 saturated carbocycles. The number of alkyl halides is 2. The van der Waals surface area contributed by atoms with Crippen LogP contribution in [0, 0.1) is 0 Å². The van der Waals surface area contributed by atoms with Gasteiger partial charge in [0.15, 0.2) is 0 Å². The molecule has 0 amide bonds. The SMILES string of the molecule is FC(F)Oc1cccc(CNc2cc(C3CC3)nn3cnnc23)c1. The van der Waals surface area contributed by atoms with Crippen molar-refractivity contribution in [1.29, 1.82) is 0 Å². The summed E-state index contributed by atoms with van der Waals surface area (Å²) in [5.41, 5.74) is 3.30. The molecule has 4 rings (SSSR count). The van der Waals surface area contributed by atoms with Gasteiger partial charge in [0.05, 0.1) is 11.4 Å². The van der Waals surface area contributed by atoms with Gasteiger partial charge in [-0.25, -0.2) is 0 Å². The number of ether oxygens (including phenoxy) is 1. The highest BCUT2D eigenvalue weighted by atomic mass is 19.3. The predicted octanol–water partition coefficient (Wildman–Crippen LogP) is 3.22. The largest absolute Gasteiger partial charge is 0.435 e. The highest BCUT2D eigenvalue weighted by Crippen LogP contribution is 2.39. The van der Waals surface area contributed by atoms with Gasteiger partial charge in [-0.3, -0.25) is 0 Å². The van der Waals surface area contributed by atoms with Crippen molar-refractivity contribution in [2.75, 3.05) is 5.32 Å². The first-order valence-electron chi connectivity index (χ1n) is 7.67. The van der Waals surface area contributed by atoms with Gasteiger partial charge in [0.2, 0.25) is 5.65 Å². The predicted molar refractivity (Wildman–Crippen MR) is 83.2 cm³/mol. The van der Waals surface area contributed by atoms with Crippen LogP contribution in [-0.4, -0.2) is 26.4 Å². The lowest BCUT2D eigenvalue weighted by Gasteiger charge is -2.10. The number of rotatable bonds is 6. The molecular formula is C16H15F2N5O. The van der Waals surface area contributed by atoms with Gasteiger partial charge in [-0.05, 0) is 36.6 Å². The Morgan fingerprint density at radius 2 is 2.17 bits per heavy atom. The van der Waals surface area contributed by atoms with Crippen molar-refractivity contribution in [3.8, 4) is 5.75 Å². The molecule has 0 bridgehead atoms. The van der Waals surface area contributed by atoms with E-state index in [-0.39, 0.29) is 5.75 Å². The molecular weight excluding hydrogens is 316 g/mol. The van der Waals surface area contributed by atoms with E-state index in [0.29, 0.717) is 18.1 Å². The maximum absolute atomic E-state index is 12.3. The number of anilines is 1. The van der Waals surface area contributed by atoms with E-state index in [1.54, 1.807) is 23.0 Å². The van der Waals surface area contributed by atoms with Crippen LogP contribution in [0.3, 0.4) is 0 Å². The van der Waals surface area contributed by atoms with Gasteiger partial charge in [-0.1, -0.05) is 12.1 Å². The first kappa shape index (κ1) is 14.8. The van der Waals surface area contributed by atoms with Crippen molar-refractivity contribution in [3.05, 3.63) is 47.9 Å². The summed E-state index contributed by atoms with van der Waals surface area (Å²) in [5.74, 6) is 0.644. The molecule has 1 fully saturated rings. The summed E-state index contributed by atoms with van der Waals surface area (Å²) in [5, 5.41) is 15.8. The number of benzene rings is 1. The molecule has 6 nitrogen and oxygen atoms in total. The molecule has 0 unspecified atom stereocenters. The van der Waals surface area contributed by atoms with E-state index in [9.17, 15) is 8.78 Å². The molecule has 2 heterocycles. The van der Waals surface area contributed by atoms with Crippen LogP contribution in [0.25, 0.3) is 5.65 Å². The van der Waals surface area contributed by atoms with Gasteiger partial charge in [-0.2, -0.15) is 18.4 Å². The molecule has 1 aliphatic rings. The van der Waals surface area contributed by atoms with Gasteiger partial charge >= 0.3 is 6.61 Å². The standard InChI is InChI=1S/C16H15F2N5O/c17-16(18)24-12-3-1-2-10(6-12)8-19-14-7-13(11-4-5-11)22-23-9-20-21-15(14)23/h1-3,6-7,9,11,16,19H,4-5,8H2. The minimum Gasteiger partial charge on any atom is -0.435 e. The van der Waals surface area contributed by atoms with Crippen molar-refractivity contribution >= 4 is 11.3 Å². The quantitative estimate of drug-likeness (QED) is 0.751. The van der Waals surface area contributed by atoms with E-state index in [1.807, 2.05) is 12.1 Å². The topological polar surface area (TPSA) is 64.3 Å². The summed E-state index contributed by atoms with van der Waals surface area (Å²) < 4.78 is 30.7. The maximum atomic E-state index is 12.3. The minimum atomic E-state index is -2.83. The fraction of sp³-hybridized carbons (Fsp3) is 0.312. The first-order chi connectivity index (χ1) is 11.7. The van der Waals surface area contributed by atoms with Crippen LogP contribution in [0.1, 0.15) is 30.0 Å². The highest BCUT2D eigenvalue weighted by Gasteiger charge is 2.26. The highest BCUT2D eigenvalue weighted by molar-refractivity contribution is 5.67. The van der Waals surface area contributed by atoms with E-state index in [0.717, 1.165) is 29.8 Å². The number of nitrogens with zero attached hydrogens (tertiary/aromatic N) is 4. The van der Waals surface area contributed by atoms with Crippen molar-refractivity contribution in [3.63, 3.8) is 0 Å². The van der Waals surface area contributed by atoms with Crippen LogP contribution in [-0.2, 0) is 6.54 Å².